The molecule has 0 saturated heterocycles. The van der Waals surface area contributed by atoms with Crippen molar-refractivity contribution < 1.29 is 0 Å². The van der Waals surface area contributed by atoms with Gasteiger partial charge in [0.15, 0.2) is 0 Å². The predicted octanol–water partition coefficient (Wildman–Crippen LogP) is 2.13. The summed E-state index contributed by atoms with van der Waals surface area (Å²) in [4.78, 5) is 12.7. The summed E-state index contributed by atoms with van der Waals surface area (Å²) in [6.45, 7) is 10.4. The van der Waals surface area contributed by atoms with Gasteiger partial charge in [-0.1, -0.05) is 18.9 Å². The number of rotatable bonds is 5. The van der Waals surface area contributed by atoms with Crippen molar-refractivity contribution in [3.05, 3.63) is 48.7 Å². The van der Waals surface area contributed by atoms with E-state index in [1.165, 1.54) is 6.33 Å². The van der Waals surface area contributed by atoms with Crippen LogP contribution in [0.15, 0.2) is 37.4 Å². The molecule has 0 atom stereocenters. The van der Waals surface area contributed by atoms with Crippen LogP contribution < -0.4 is 10.8 Å². The number of hydrogen-bond acceptors (Lipinski definition) is 4. The molecule has 2 rings (SSSR count). The molecule has 5 heteroatoms. The van der Waals surface area contributed by atoms with Gasteiger partial charge in [0.25, 0.3) is 0 Å². The molecule has 1 radical (unpaired) electrons. The summed E-state index contributed by atoms with van der Waals surface area (Å²) in [7, 11) is 2.05. The Morgan fingerprint density at radius 1 is 1.25 bits per heavy atom. The molecule has 0 fully saturated rings. The Kier molecular flexibility index (Phi) is 4.51. The highest BCUT2D eigenvalue weighted by molar-refractivity contribution is 6.53. The zero-order valence-electron chi connectivity index (χ0n) is 12.1. The van der Waals surface area contributed by atoms with Crippen molar-refractivity contribution in [2.75, 3.05) is 5.32 Å². The molecule has 0 bridgehead atoms. The van der Waals surface area contributed by atoms with Gasteiger partial charge in [0, 0.05) is 29.6 Å². The Labute approximate surface area is 120 Å². The fraction of sp³-hybridized carbons (Fsp3) is 0.267. The van der Waals surface area contributed by atoms with Crippen molar-refractivity contribution in [2.45, 2.75) is 26.7 Å². The van der Waals surface area contributed by atoms with E-state index in [9.17, 15) is 0 Å². The molecule has 0 spiro atoms. The van der Waals surface area contributed by atoms with Gasteiger partial charge in [0.2, 0.25) is 0 Å². The van der Waals surface area contributed by atoms with E-state index in [2.05, 4.69) is 48.0 Å². The van der Waals surface area contributed by atoms with Gasteiger partial charge in [-0.15, -0.1) is 0 Å². The first-order valence-corrected chi connectivity index (χ1v) is 6.64. The van der Waals surface area contributed by atoms with Crippen LogP contribution >= 0.6 is 0 Å². The van der Waals surface area contributed by atoms with Gasteiger partial charge in [-0.05, 0) is 26.0 Å². The molecule has 2 heterocycles. The van der Waals surface area contributed by atoms with Crippen molar-refractivity contribution in [3.8, 4) is 0 Å². The van der Waals surface area contributed by atoms with Gasteiger partial charge in [-0.2, -0.15) is 0 Å². The van der Waals surface area contributed by atoms with Gasteiger partial charge in [-0.25, -0.2) is 15.0 Å². The van der Waals surface area contributed by atoms with Gasteiger partial charge < -0.3 is 5.32 Å². The zero-order chi connectivity index (χ0) is 14.5. The van der Waals surface area contributed by atoms with Crippen molar-refractivity contribution in [2.24, 2.45) is 0 Å². The SMILES string of the molecule is C=C(c1ccncn1)c1c([B]C)ccnc1NC(C)C. The highest BCUT2D eigenvalue weighted by Gasteiger charge is 2.15. The van der Waals surface area contributed by atoms with E-state index in [0.717, 1.165) is 28.1 Å². The van der Waals surface area contributed by atoms with E-state index < -0.39 is 0 Å². The highest BCUT2D eigenvalue weighted by atomic mass is 15.0. The van der Waals surface area contributed by atoms with Crippen LogP contribution in [0.2, 0.25) is 6.82 Å². The molecule has 1 N–H and O–H groups in total. The van der Waals surface area contributed by atoms with Crippen LogP contribution in [0.4, 0.5) is 5.82 Å². The van der Waals surface area contributed by atoms with Crippen LogP contribution in [-0.4, -0.2) is 28.3 Å². The fourth-order valence-corrected chi connectivity index (χ4v) is 2.01. The Balaban J connectivity index is 2.50. The van der Waals surface area contributed by atoms with E-state index in [0.29, 0.717) is 6.04 Å². The third kappa shape index (κ3) is 3.04. The van der Waals surface area contributed by atoms with Crippen LogP contribution in [0, 0.1) is 0 Å². The molecule has 0 aliphatic carbocycles. The number of nitrogens with zero attached hydrogens (tertiary/aromatic N) is 3. The van der Waals surface area contributed by atoms with E-state index in [1.54, 1.807) is 12.4 Å². The second kappa shape index (κ2) is 6.32. The molecule has 0 aliphatic rings. The first-order chi connectivity index (χ1) is 9.63. The predicted molar refractivity (Wildman–Crippen MR) is 84.4 cm³/mol. The standard InChI is InChI=1S/C15H18BN4/c1-10(2)20-15-14(12(16-4)5-8-18-15)11(3)13-6-7-17-9-19-13/h5-10H,3H2,1-2,4H3,(H,18,20). The summed E-state index contributed by atoms with van der Waals surface area (Å²) in [6, 6.07) is 4.13. The Hall–Kier alpha value is -2.17. The second-order valence-corrected chi connectivity index (χ2v) is 4.78. The van der Waals surface area contributed by atoms with Crippen LogP contribution in [-0.2, 0) is 0 Å². The molecule has 4 nitrogen and oxygen atoms in total. The minimum atomic E-state index is 0.298. The highest BCUT2D eigenvalue weighted by Crippen LogP contribution is 2.24. The molecular formula is C15H18BN4. The van der Waals surface area contributed by atoms with Gasteiger partial charge in [0.05, 0.1) is 5.69 Å². The smallest absolute Gasteiger partial charge is 0.149 e. The molecule has 0 amide bonds. The summed E-state index contributed by atoms with van der Waals surface area (Å²) < 4.78 is 0. The topological polar surface area (TPSA) is 50.7 Å². The number of hydrogen-bond donors (Lipinski definition) is 1. The first kappa shape index (κ1) is 14.2. The lowest BCUT2D eigenvalue weighted by Gasteiger charge is -2.18. The summed E-state index contributed by atoms with van der Waals surface area (Å²) in [5.74, 6) is 0.833. The molecule has 20 heavy (non-hydrogen) atoms. The monoisotopic (exact) mass is 265 g/mol. The van der Waals surface area contributed by atoms with Crippen LogP contribution in [0.25, 0.3) is 5.57 Å². The number of pyridine rings is 1. The van der Waals surface area contributed by atoms with Crippen molar-refractivity contribution >= 4 is 24.1 Å². The first-order valence-electron chi connectivity index (χ1n) is 6.64. The number of aromatic nitrogens is 3. The van der Waals surface area contributed by atoms with Crippen LogP contribution in [0.5, 0.6) is 0 Å². The lowest BCUT2D eigenvalue weighted by atomic mass is 9.70. The lowest BCUT2D eigenvalue weighted by Crippen LogP contribution is -2.22. The van der Waals surface area contributed by atoms with Gasteiger partial charge >= 0.3 is 0 Å². The maximum Gasteiger partial charge on any atom is 0.149 e. The number of anilines is 1. The summed E-state index contributed by atoms with van der Waals surface area (Å²) in [5, 5.41) is 3.36. The lowest BCUT2D eigenvalue weighted by molar-refractivity contribution is 0.888. The van der Waals surface area contributed by atoms with E-state index in [1.807, 2.05) is 19.0 Å². The van der Waals surface area contributed by atoms with Crippen molar-refractivity contribution in [3.63, 3.8) is 0 Å². The molecule has 2 aromatic rings. The largest absolute Gasteiger partial charge is 0.367 e. The minimum Gasteiger partial charge on any atom is -0.367 e. The minimum absolute atomic E-state index is 0.298. The second-order valence-electron chi connectivity index (χ2n) is 4.78. The molecule has 0 unspecified atom stereocenters. The summed E-state index contributed by atoms with van der Waals surface area (Å²) >= 11 is 0. The molecule has 101 valence electrons. The average molecular weight is 265 g/mol. The van der Waals surface area contributed by atoms with Crippen molar-refractivity contribution in [1.29, 1.82) is 0 Å². The quantitative estimate of drug-likeness (QED) is 0.841. The van der Waals surface area contributed by atoms with E-state index in [4.69, 9.17) is 0 Å². The Morgan fingerprint density at radius 3 is 2.65 bits per heavy atom. The normalized spacial score (nSPS) is 10.4. The summed E-state index contributed by atoms with van der Waals surface area (Å²) in [6.07, 6.45) is 5.05. The molecule has 0 saturated carbocycles. The van der Waals surface area contributed by atoms with Crippen LogP contribution in [0.1, 0.15) is 25.1 Å². The van der Waals surface area contributed by atoms with Gasteiger partial charge in [-0.3, -0.25) is 0 Å². The Bertz CT molecular complexity index is 596. The third-order valence-corrected chi connectivity index (χ3v) is 2.91. The molecule has 0 aromatic carbocycles. The maximum atomic E-state index is 4.44. The molecule has 2 aromatic heterocycles. The van der Waals surface area contributed by atoms with E-state index >= 15 is 0 Å². The maximum absolute atomic E-state index is 4.44. The Morgan fingerprint density at radius 2 is 2.05 bits per heavy atom. The van der Waals surface area contributed by atoms with Crippen molar-refractivity contribution in [1.82, 2.24) is 15.0 Å². The van der Waals surface area contributed by atoms with Crippen LogP contribution in [0.3, 0.4) is 0 Å². The fourth-order valence-electron chi connectivity index (χ4n) is 2.01. The van der Waals surface area contributed by atoms with Gasteiger partial charge in [0.1, 0.15) is 19.4 Å². The third-order valence-electron chi connectivity index (χ3n) is 2.91. The molecule has 0 aliphatic heterocycles. The van der Waals surface area contributed by atoms with E-state index in [-0.39, 0.29) is 0 Å². The number of nitrogens with one attached hydrogen (secondary N) is 1. The average Bonchev–Trinajstić information content (AvgIpc) is 2.46. The zero-order valence-corrected chi connectivity index (χ0v) is 12.1. The summed E-state index contributed by atoms with van der Waals surface area (Å²) in [5.41, 5.74) is 3.73. The molecular weight excluding hydrogens is 247 g/mol.